The van der Waals surface area contributed by atoms with E-state index in [9.17, 15) is 9.59 Å². The van der Waals surface area contributed by atoms with Crippen LogP contribution in [0.25, 0.3) is 10.8 Å². The third kappa shape index (κ3) is 2.68. The topological polar surface area (TPSA) is 43.4 Å². The molecule has 1 saturated carbocycles. The summed E-state index contributed by atoms with van der Waals surface area (Å²) in [5, 5.41) is 1.77. The lowest BCUT2D eigenvalue weighted by molar-refractivity contribution is -0.127. The standard InChI is InChI=1S/C18H18O3/c1-12(19)13-10-11-17(15-7-3-2-6-14(13)15)21-18-9-5-4-8-16(18)20/h2-3,6-7,10-11,18H,4-5,8-9H2,1H3/t18-/m1/s1. The van der Waals surface area contributed by atoms with Crippen LogP contribution in [0.5, 0.6) is 5.75 Å². The Morgan fingerprint density at radius 3 is 2.57 bits per heavy atom. The number of hydrogen-bond acceptors (Lipinski definition) is 3. The first-order valence-electron chi connectivity index (χ1n) is 7.39. The molecule has 1 atom stereocenters. The third-order valence-electron chi connectivity index (χ3n) is 4.03. The lowest BCUT2D eigenvalue weighted by atomic mass is 9.96. The van der Waals surface area contributed by atoms with Crippen LogP contribution >= 0.6 is 0 Å². The molecule has 108 valence electrons. The summed E-state index contributed by atoms with van der Waals surface area (Å²) in [5.41, 5.74) is 0.688. The Balaban J connectivity index is 2.01. The van der Waals surface area contributed by atoms with E-state index >= 15 is 0 Å². The number of fused-ring (bicyclic) bond motifs is 1. The summed E-state index contributed by atoms with van der Waals surface area (Å²) in [6.45, 7) is 1.56. The first-order valence-corrected chi connectivity index (χ1v) is 7.39. The number of rotatable bonds is 3. The number of hydrogen-bond donors (Lipinski definition) is 0. The Bertz CT molecular complexity index is 703. The monoisotopic (exact) mass is 282 g/mol. The molecule has 0 radical (unpaired) electrons. The Labute approximate surface area is 123 Å². The molecular weight excluding hydrogens is 264 g/mol. The average Bonchev–Trinajstić information content (AvgIpc) is 2.49. The molecule has 1 fully saturated rings. The van der Waals surface area contributed by atoms with Gasteiger partial charge in [0.25, 0.3) is 0 Å². The van der Waals surface area contributed by atoms with E-state index in [-0.39, 0.29) is 17.7 Å². The average molecular weight is 282 g/mol. The molecule has 1 aliphatic carbocycles. The Morgan fingerprint density at radius 1 is 1.10 bits per heavy atom. The van der Waals surface area contributed by atoms with E-state index in [1.165, 1.54) is 0 Å². The van der Waals surface area contributed by atoms with Gasteiger partial charge in [0.15, 0.2) is 17.7 Å². The van der Waals surface area contributed by atoms with Crippen LogP contribution in [0, 0.1) is 0 Å². The van der Waals surface area contributed by atoms with Crippen LogP contribution < -0.4 is 4.74 Å². The van der Waals surface area contributed by atoms with Gasteiger partial charge < -0.3 is 4.74 Å². The predicted octanol–water partition coefficient (Wildman–Crippen LogP) is 3.93. The molecule has 0 amide bonds. The van der Waals surface area contributed by atoms with E-state index in [4.69, 9.17) is 4.74 Å². The van der Waals surface area contributed by atoms with Crippen molar-refractivity contribution in [3.63, 3.8) is 0 Å². The summed E-state index contributed by atoms with van der Waals surface area (Å²) >= 11 is 0. The first-order chi connectivity index (χ1) is 10.2. The quantitative estimate of drug-likeness (QED) is 0.801. The van der Waals surface area contributed by atoms with E-state index < -0.39 is 0 Å². The Hall–Kier alpha value is -2.16. The summed E-state index contributed by atoms with van der Waals surface area (Å²) in [4.78, 5) is 23.6. The van der Waals surface area contributed by atoms with Crippen molar-refractivity contribution in [2.75, 3.05) is 0 Å². The molecule has 21 heavy (non-hydrogen) atoms. The highest BCUT2D eigenvalue weighted by molar-refractivity contribution is 6.08. The molecular formula is C18H18O3. The molecule has 0 saturated heterocycles. The van der Waals surface area contributed by atoms with Gasteiger partial charge in [-0.2, -0.15) is 0 Å². The number of ether oxygens (including phenoxy) is 1. The van der Waals surface area contributed by atoms with Crippen molar-refractivity contribution in [1.29, 1.82) is 0 Å². The minimum absolute atomic E-state index is 0.0338. The maximum atomic E-state index is 11.9. The van der Waals surface area contributed by atoms with Crippen molar-refractivity contribution in [3.8, 4) is 5.75 Å². The summed E-state index contributed by atoms with van der Waals surface area (Å²) in [6, 6.07) is 11.3. The van der Waals surface area contributed by atoms with E-state index in [1.54, 1.807) is 19.1 Å². The van der Waals surface area contributed by atoms with Crippen molar-refractivity contribution < 1.29 is 14.3 Å². The van der Waals surface area contributed by atoms with E-state index in [2.05, 4.69) is 0 Å². The molecule has 0 bridgehead atoms. The minimum atomic E-state index is -0.342. The van der Waals surface area contributed by atoms with E-state index in [0.717, 1.165) is 30.0 Å². The van der Waals surface area contributed by atoms with Gasteiger partial charge >= 0.3 is 0 Å². The first kappa shape index (κ1) is 13.8. The van der Waals surface area contributed by atoms with Gasteiger partial charge in [0.1, 0.15) is 5.75 Å². The van der Waals surface area contributed by atoms with Crippen LogP contribution in [0.1, 0.15) is 43.0 Å². The maximum Gasteiger partial charge on any atom is 0.173 e. The molecule has 2 aromatic carbocycles. The maximum absolute atomic E-state index is 11.9. The van der Waals surface area contributed by atoms with Crippen molar-refractivity contribution in [1.82, 2.24) is 0 Å². The van der Waals surface area contributed by atoms with Crippen molar-refractivity contribution in [2.45, 2.75) is 38.7 Å². The normalized spacial score (nSPS) is 18.7. The number of carbonyl (C=O) groups is 2. The second kappa shape index (κ2) is 5.68. The zero-order valence-electron chi connectivity index (χ0n) is 12.1. The second-order valence-electron chi connectivity index (χ2n) is 5.53. The second-order valence-corrected chi connectivity index (χ2v) is 5.53. The molecule has 2 aromatic rings. The fourth-order valence-corrected chi connectivity index (χ4v) is 2.91. The van der Waals surface area contributed by atoms with Crippen LogP contribution in [0.4, 0.5) is 0 Å². The van der Waals surface area contributed by atoms with Gasteiger partial charge in [-0.15, -0.1) is 0 Å². The van der Waals surface area contributed by atoms with Crippen molar-refractivity contribution >= 4 is 22.3 Å². The highest BCUT2D eigenvalue weighted by Crippen LogP contribution is 2.31. The zero-order valence-corrected chi connectivity index (χ0v) is 12.1. The zero-order chi connectivity index (χ0) is 14.8. The van der Waals surface area contributed by atoms with Gasteiger partial charge in [-0.1, -0.05) is 24.3 Å². The Morgan fingerprint density at radius 2 is 1.86 bits per heavy atom. The third-order valence-corrected chi connectivity index (χ3v) is 4.03. The SMILES string of the molecule is CC(=O)c1ccc(O[C@@H]2CCCCC2=O)c2ccccc12. The van der Waals surface area contributed by atoms with Crippen LogP contribution in [0.2, 0.25) is 0 Å². The van der Waals surface area contributed by atoms with Gasteiger partial charge in [0.2, 0.25) is 0 Å². The van der Waals surface area contributed by atoms with Crippen LogP contribution in [0.15, 0.2) is 36.4 Å². The summed E-state index contributed by atoms with van der Waals surface area (Å²) in [6.07, 6.45) is 3.03. The van der Waals surface area contributed by atoms with E-state index in [0.29, 0.717) is 17.7 Å². The van der Waals surface area contributed by atoms with Crippen molar-refractivity contribution in [3.05, 3.63) is 42.0 Å². The fraction of sp³-hybridized carbons (Fsp3) is 0.333. The molecule has 0 N–H and O–H groups in total. The molecule has 0 aliphatic heterocycles. The molecule has 0 unspecified atom stereocenters. The molecule has 0 aromatic heterocycles. The highest BCUT2D eigenvalue weighted by atomic mass is 16.5. The minimum Gasteiger partial charge on any atom is -0.482 e. The molecule has 0 heterocycles. The van der Waals surface area contributed by atoms with E-state index in [1.807, 2.05) is 24.3 Å². The fourth-order valence-electron chi connectivity index (χ4n) is 2.91. The number of benzene rings is 2. The summed E-state index contributed by atoms with van der Waals surface area (Å²) < 4.78 is 5.95. The molecule has 3 rings (SSSR count). The van der Waals surface area contributed by atoms with Crippen LogP contribution in [0.3, 0.4) is 0 Å². The number of Topliss-reactive ketones (excluding diaryl/α,β-unsaturated/α-hetero) is 2. The van der Waals surface area contributed by atoms with Gasteiger partial charge in [-0.25, -0.2) is 0 Å². The lowest BCUT2D eigenvalue weighted by Crippen LogP contribution is -2.30. The van der Waals surface area contributed by atoms with Gasteiger partial charge in [0.05, 0.1) is 0 Å². The molecule has 3 heteroatoms. The number of carbonyl (C=O) groups excluding carboxylic acids is 2. The lowest BCUT2D eigenvalue weighted by Gasteiger charge is -2.23. The van der Waals surface area contributed by atoms with Crippen LogP contribution in [-0.2, 0) is 4.79 Å². The number of ketones is 2. The van der Waals surface area contributed by atoms with Crippen LogP contribution in [-0.4, -0.2) is 17.7 Å². The molecule has 3 nitrogen and oxygen atoms in total. The summed E-state index contributed by atoms with van der Waals surface area (Å²) in [5.74, 6) is 0.906. The van der Waals surface area contributed by atoms with Gasteiger partial charge in [-0.3, -0.25) is 9.59 Å². The van der Waals surface area contributed by atoms with Crippen molar-refractivity contribution in [2.24, 2.45) is 0 Å². The molecule has 0 spiro atoms. The smallest absolute Gasteiger partial charge is 0.173 e. The largest absolute Gasteiger partial charge is 0.482 e. The summed E-state index contributed by atoms with van der Waals surface area (Å²) in [7, 11) is 0. The molecule has 1 aliphatic rings. The van der Waals surface area contributed by atoms with Gasteiger partial charge in [0, 0.05) is 17.4 Å². The van der Waals surface area contributed by atoms with Gasteiger partial charge in [-0.05, 0) is 43.7 Å². The highest BCUT2D eigenvalue weighted by Gasteiger charge is 2.24. The predicted molar refractivity (Wildman–Crippen MR) is 81.8 cm³/mol. The Kier molecular flexibility index (Phi) is 3.74.